The van der Waals surface area contributed by atoms with Crippen LogP contribution in [0.15, 0.2) is 64.0 Å². The Balaban J connectivity index is 2.00. The number of anilines is 1. The second-order valence-electron chi connectivity index (χ2n) is 6.27. The highest BCUT2D eigenvalue weighted by molar-refractivity contribution is 9.10. The molecule has 2 aromatic carbocycles. The molecule has 8 heteroatoms. The van der Waals surface area contributed by atoms with E-state index >= 15 is 0 Å². The Labute approximate surface area is 164 Å². The summed E-state index contributed by atoms with van der Waals surface area (Å²) in [7, 11) is -3.94. The lowest BCUT2D eigenvalue weighted by molar-refractivity contribution is 0.474. The summed E-state index contributed by atoms with van der Waals surface area (Å²) in [6, 6.07) is 12.9. The van der Waals surface area contributed by atoms with Gasteiger partial charge in [-0.05, 0) is 61.0 Å². The maximum Gasteiger partial charge on any atom is 0.265 e. The Morgan fingerprint density at radius 1 is 1.07 bits per heavy atom. The smallest absolute Gasteiger partial charge is 0.265 e. The molecule has 1 aliphatic heterocycles. The zero-order chi connectivity index (χ0) is 19.3. The fraction of sp³-hybridized carbons (Fsp3) is 0.158. The van der Waals surface area contributed by atoms with Crippen LogP contribution in [0.4, 0.5) is 10.1 Å². The molecular weight excluding hydrogens is 435 g/mol. The Kier molecular flexibility index (Phi) is 4.27. The van der Waals surface area contributed by atoms with E-state index in [-0.39, 0.29) is 10.6 Å². The molecule has 0 fully saturated rings. The van der Waals surface area contributed by atoms with Crippen molar-refractivity contribution < 1.29 is 17.9 Å². The van der Waals surface area contributed by atoms with Crippen LogP contribution in [0, 0.1) is 5.95 Å². The predicted molar refractivity (Wildman–Crippen MR) is 104 cm³/mol. The second-order valence-corrected chi connectivity index (χ2v) is 9.00. The van der Waals surface area contributed by atoms with Crippen molar-refractivity contribution in [1.29, 1.82) is 0 Å². The number of halogens is 2. The van der Waals surface area contributed by atoms with Gasteiger partial charge in [0.15, 0.2) is 5.95 Å². The lowest BCUT2D eigenvalue weighted by Gasteiger charge is -2.38. The number of hydrogen-bond acceptors (Lipinski definition) is 3. The third-order valence-electron chi connectivity index (χ3n) is 4.68. The Hall–Kier alpha value is -2.32. The van der Waals surface area contributed by atoms with Crippen LogP contribution in [0.2, 0.25) is 0 Å². The largest absolute Gasteiger partial charge is 0.508 e. The second kappa shape index (κ2) is 6.38. The molecule has 0 radical (unpaired) electrons. The molecule has 0 saturated heterocycles. The average Bonchev–Trinajstić information content (AvgIpc) is 3.02. The highest BCUT2D eigenvalue weighted by Crippen LogP contribution is 2.45. The first kappa shape index (κ1) is 18.1. The third kappa shape index (κ3) is 2.74. The van der Waals surface area contributed by atoms with Crippen LogP contribution < -0.4 is 4.31 Å². The van der Waals surface area contributed by atoms with Gasteiger partial charge in [-0.3, -0.25) is 8.87 Å². The van der Waals surface area contributed by atoms with Crippen molar-refractivity contribution in [3.05, 3.63) is 70.7 Å². The molecule has 1 atom stereocenters. The topological polar surface area (TPSA) is 62.5 Å². The molecule has 0 aliphatic carbocycles. The SMILES string of the molecule is CCC1c2ccc(F)n2-c2ccc(Br)cc2N1S(=O)(=O)c1ccc(O)cc1. The van der Waals surface area contributed by atoms with Gasteiger partial charge in [-0.2, -0.15) is 4.39 Å². The van der Waals surface area contributed by atoms with Gasteiger partial charge < -0.3 is 5.11 Å². The number of phenols is 1. The van der Waals surface area contributed by atoms with Crippen LogP contribution in [-0.2, 0) is 10.0 Å². The zero-order valence-electron chi connectivity index (χ0n) is 14.3. The minimum Gasteiger partial charge on any atom is -0.508 e. The number of fused-ring (bicyclic) bond motifs is 3. The molecule has 1 N–H and O–H groups in total. The zero-order valence-corrected chi connectivity index (χ0v) is 16.7. The van der Waals surface area contributed by atoms with E-state index in [0.717, 1.165) is 0 Å². The van der Waals surface area contributed by atoms with E-state index in [4.69, 9.17) is 0 Å². The molecule has 140 valence electrons. The molecular formula is C19H16BrFN2O3S. The number of aromatic nitrogens is 1. The van der Waals surface area contributed by atoms with E-state index in [9.17, 15) is 17.9 Å². The molecule has 0 amide bonds. The molecule has 1 aliphatic rings. The summed E-state index contributed by atoms with van der Waals surface area (Å²) in [6.45, 7) is 1.86. The van der Waals surface area contributed by atoms with Gasteiger partial charge in [0.05, 0.1) is 22.3 Å². The van der Waals surface area contributed by atoms with Crippen LogP contribution in [0.3, 0.4) is 0 Å². The van der Waals surface area contributed by atoms with Crippen molar-refractivity contribution in [2.75, 3.05) is 4.31 Å². The molecule has 1 aromatic heterocycles. The molecule has 3 aromatic rings. The number of nitrogens with zero attached hydrogens (tertiary/aromatic N) is 2. The number of phenolic OH excluding ortho intramolecular Hbond substituents is 1. The molecule has 27 heavy (non-hydrogen) atoms. The van der Waals surface area contributed by atoms with Crippen LogP contribution >= 0.6 is 15.9 Å². The summed E-state index contributed by atoms with van der Waals surface area (Å²) in [6.07, 6.45) is 0.465. The van der Waals surface area contributed by atoms with Gasteiger partial charge in [-0.1, -0.05) is 22.9 Å². The number of rotatable bonds is 3. The Bertz CT molecular complexity index is 1130. The summed E-state index contributed by atoms with van der Waals surface area (Å²) < 4.78 is 44.9. The summed E-state index contributed by atoms with van der Waals surface area (Å²) in [5.41, 5.74) is 1.43. The van der Waals surface area contributed by atoms with E-state index < -0.39 is 22.0 Å². The van der Waals surface area contributed by atoms with Gasteiger partial charge in [-0.15, -0.1) is 0 Å². The van der Waals surface area contributed by atoms with Crippen LogP contribution in [0.5, 0.6) is 5.75 Å². The van der Waals surface area contributed by atoms with Crippen molar-refractivity contribution in [2.45, 2.75) is 24.3 Å². The summed E-state index contributed by atoms with van der Waals surface area (Å²) in [5.74, 6) is -0.451. The fourth-order valence-corrected chi connectivity index (χ4v) is 5.55. The lowest BCUT2D eigenvalue weighted by atomic mass is 10.1. The molecule has 0 saturated carbocycles. The quantitative estimate of drug-likeness (QED) is 0.626. The van der Waals surface area contributed by atoms with E-state index in [1.54, 1.807) is 24.3 Å². The van der Waals surface area contributed by atoms with Crippen LogP contribution in [-0.4, -0.2) is 18.1 Å². The maximum absolute atomic E-state index is 14.5. The molecule has 0 spiro atoms. The molecule has 5 nitrogen and oxygen atoms in total. The molecule has 1 unspecified atom stereocenters. The third-order valence-corrected chi connectivity index (χ3v) is 7.01. The van der Waals surface area contributed by atoms with E-state index in [1.807, 2.05) is 6.92 Å². The lowest BCUT2D eigenvalue weighted by Crippen LogP contribution is -2.39. The first-order chi connectivity index (χ1) is 12.8. The summed E-state index contributed by atoms with van der Waals surface area (Å²) >= 11 is 3.38. The van der Waals surface area contributed by atoms with E-state index in [0.29, 0.717) is 28.0 Å². The molecule has 2 heterocycles. The van der Waals surface area contributed by atoms with Crippen molar-refractivity contribution in [1.82, 2.24) is 4.57 Å². The summed E-state index contributed by atoms with van der Waals surface area (Å²) in [4.78, 5) is 0.0603. The maximum atomic E-state index is 14.5. The minimum atomic E-state index is -3.94. The van der Waals surface area contributed by atoms with E-state index in [2.05, 4.69) is 15.9 Å². The highest BCUT2D eigenvalue weighted by Gasteiger charge is 2.39. The van der Waals surface area contributed by atoms with E-state index in [1.165, 1.54) is 39.2 Å². The van der Waals surface area contributed by atoms with Crippen molar-refractivity contribution in [2.24, 2.45) is 0 Å². The van der Waals surface area contributed by atoms with Gasteiger partial charge in [0.1, 0.15) is 5.75 Å². The number of benzene rings is 2. The van der Waals surface area contributed by atoms with Crippen molar-refractivity contribution in [3.63, 3.8) is 0 Å². The molecule has 4 rings (SSSR count). The Morgan fingerprint density at radius 2 is 1.78 bits per heavy atom. The molecule has 0 bridgehead atoms. The predicted octanol–water partition coefficient (Wildman–Crippen LogP) is 4.74. The monoisotopic (exact) mass is 450 g/mol. The Morgan fingerprint density at radius 3 is 2.44 bits per heavy atom. The fourth-order valence-electron chi connectivity index (χ4n) is 3.49. The first-order valence-electron chi connectivity index (χ1n) is 8.35. The standard InChI is InChI=1S/C19H16BrFN2O3S/c1-2-15-16-9-10-19(21)22(16)17-8-3-12(20)11-18(17)23(15)27(25,26)14-6-4-13(24)5-7-14/h3-11,15,24H,2H2,1H3. The van der Waals surface area contributed by atoms with Gasteiger partial charge in [-0.25, -0.2) is 8.42 Å². The number of aromatic hydroxyl groups is 1. The van der Waals surface area contributed by atoms with Crippen LogP contribution in [0.1, 0.15) is 25.1 Å². The summed E-state index contributed by atoms with van der Waals surface area (Å²) in [5, 5.41) is 9.50. The van der Waals surface area contributed by atoms with Crippen LogP contribution in [0.25, 0.3) is 5.69 Å². The highest BCUT2D eigenvalue weighted by atomic mass is 79.9. The average molecular weight is 451 g/mol. The van der Waals surface area contributed by atoms with Gasteiger partial charge in [0.2, 0.25) is 0 Å². The first-order valence-corrected chi connectivity index (χ1v) is 10.6. The number of hydrogen-bond donors (Lipinski definition) is 1. The van der Waals surface area contributed by atoms with Crippen molar-refractivity contribution in [3.8, 4) is 11.4 Å². The van der Waals surface area contributed by atoms with Gasteiger partial charge >= 0.3 is 0 Å². The van der Waals surface area contributed by atoms with Gasteiger partial charge in [0, 0.05) is 10.2 Å². The number of sulfonamides is 1. The normalized spacial score (nSPS) is 16.1. The van der Waals surface area contributed by atoms with Gasteiger partial charge in [0.25, 0.3) is 10.0 Å². The van der Waals surface area contributed by atoms with Crippen molar-refractivity contribution >= 4 is 31.6 Å². The minimum absolute atomic E-state index is 0.0151.